The van der Waals surface area contributed by atoms with Crippen molar-refractivity contribution in [3.05, 3.63) is 66.2 Å². The molecule has 2 aromatic carbocycles. The van der Waals surface area contributed by atoms with E-state index >= 15 is 0 Å². The fourth-order valence-electron chi connectivity index (χ4n) is 3.10. The van der Waals surface area contributed by atoms with Crippen LogP contribution in [0.25, 0.3) is 0 Å². The first-order chi connectivity index (χ1) is 13.7. The molecule has 28 heavy (non-hydrogen) atoms. The molecule has 1 saturated heterocycles. The van der Waals surface area contributed by atoms with Crippen molar-refractivity contribution in [3.8, 4) is 0 Å². The van der Waals surface area contributed by atoms with Crippen molar-refractivity contribution in [3.63, 3.8) is 0 Å². The lowest BCUT2D eigenvalue weighted by molar-refractivity contribution is -0.130. The van der Waals surface area contributed by atoms with Gasteiger partial charge in [-0.1, -0.05) is 48.5 Å². The van der Waals surface area contributed by atoms with Crippen LogP contribution in [0, 0.1) is 0 Å². The first-order valence-electron chi connectivity index (χ1n) is 9.63. The Labute approximate surface area is 170 Å². The lowest BCUT2D eigenvalue weighted by Gasteiger charge is -2.22. The summed E-state index contributed by atoms with van der Waals surface area (Å²) in [5.74, 6) is 0.712. The summed E-state index contributed by atoms with van der Waals surface area (Å²) in [6, 6.07) is 19.3. The van der Waals surface area contributed by atoms with Crippen molar-refractivity contribution >= 4 is 23.8 Å². The molecule has 1 aliphatic rings. The van der Waals surface area contributed by atoms with Gasteiger partial charge < -0.3 is 15.0 Å². The van der Waals surface area contributed by atoms with Crippen molar-refractivity contribution in [2.24, 2.45) is 0 Å². The van der Waals surface area contributed by atoms with Crippen molar-refractivity contribution < 1.29 is 14.3 Å². The largest absolute Gasteiger partial charge is 0.445 e. The topological polar surface area (TPSA) is 58.6 Å². The number of likely N-dealkylation sites (tertiary alicyclic amines) is 1. The highest BCUT2D eigenvalue weighted by molar-refractivity contribution is 7.99. The maximum Gasteiger partial charge on any atom is 0.407 e. The Kier molecular flexibility index (Phi) is 7.79. The van der Waals surface area contributed by atoms with Crippen LogP contribution < -0.4 is 5.32 Å². The summed E-state index contributed by atoms with van der Waals surface area (Å²) in [5, 5.41) is 2.88. The van der Waals surface area contributed by atoms with E-state index in [0.29, 0.717) is 12.2 Å². The molecule has 1 heterocycles. The van der Waals surface area contributed by atoms with Crippen molar-refractivity contribution in [2.45, 2.75) is 36.8 Å². The molecule has 6 heteroatoms. The number of carbonyl (C=O) groups is 2. The molecule has 1 fully saturated rings. The fourth-order valence-corrected chi connectivity index (χ4v) is 4.05. The van der Waals surface area contributed by atoms with Gasteiger partial charge in [-0.05, 0) is 30.5 Å². The Morgan fingerprint density at radius 2 is 1.64 bits per heavy atom. The molecule has 0 radical (unpaired) electrons. The van der Waals surface area contributed by atoms with E-state index in [1.54, 1.807) is 11.8 Å². The third-order valence-corrected chi connectivity index (χ3v) is 5.78. The van der Waals surface area contributed by atoms with Gasteiger partial charge in [-0.2, -0.15) is 0 Å². The van der Waals surface area contributed by atoms with E-state index in [2.05, 4.69) is 5.32 Å². The third kappa shape index (κ3) is 6.60. The zero-order valence-corrected chi connectivity index (χ0v) is 16.7. The van der Waals surface area contributed by atoms with Gasteiger partial charge in [-0.3, -0.25) is 4.79 Å². The SMILES string of the molecule is O=C(N[C@@H](CSc1ccccc1)CC(=O)N1CCCC1)OCc1ccccc1. The zero-order valence-electron chi connectivity index (χ0n) is 15.9. The second-order valence-electron chi connectivity index (χ2n) is 6.82. The molecule has 0 saturated carbocycles. The van der Waals surface area contributed by atoms with E-state index in [0.717, 1.165) is 36.4 Å². The molecular weight excluding hydrogens is 372 g/mol. The molecule has 1 aliphatic heterocycles. The van der Waals surface area contributed by atoms with Gasteiger partial charge >= 0.3 is 6.09 Å². The van der Waals surface area contributed by atoms with Crippen LogP contribution in [-0.4, -0.2) is 41.8 Å². The normalized spacial score (nSPS) is 14.5. The molecule has 5 nitrogen and oxygen atoms in total. The van der Waals surface area contributed by atoms with Crippen LogP contribution in [0.5, 0.6) is 0 Å². The summed E-state index contributed by atoms with van der Waals surface area (Å²) >= 11 is 1.63. The first kappa shape index (κ1) is 20.3. The molecule has 1 atom stereocenters. The molecular formula is C22H26N2O3S. The van der Waals surface area contributed by atoms with Crippen LogP contribution in [0.4, 0.5) is 4.79 Å². The fraction of sp³-hybridized carbons (Fsp3) is 0.364. The minimum Gasteiger partial charge on any atom is -0.445 e. The lowest BCUT2D eigenvalue weighted by atomic mass is 10.2. The van der Waals surface area contributed by atoms with Crippen LogP contribution in [-0.2, 0) is 16.1 Å². The first-order valence-corrected chi connectivity index (χ1v) is 10.6. The molecule has 1 N–H and O–H groups in total. The van der Waals surface area contributed by atoms with Crippen LogP contribution in [0.1, 0.15) is 24.8 Å². The van der Waals surface area contributed by atoms with E-state index < -0.39 is 6.09 Å². The molecule has 0 aliphatic carbocycles. The number of rotatable bonds is 8. The van der Waals surface area contributed by atoms with E-state index in [-0.39, 0.29) is 18.6 Å². The van der Waals surface area contributed by atoms with Gasteiger partial charge in [0, 0.05) is 30.2 Å². The van der Waals surface area contributed by atoms with E-state index in [4.69, 9.17) is 4.74 Å². The van der Waals surface area contributed by atoms with Crippen molar-refractivity contribution in [2.75, 3.05) is 18.8 Å². The summed E-state index contributed by atoms with van der Waals surface area (Å²) in [7, 11) is 0. The maximum atomic E-state index is 12.6. The summed E-state index contributed by atoms with van der Waals surface area (Å²) in [5.41, 5.74) is 0.931. The van der Waals surface area contributed by atoms with Gasteiger partial charge in [0.1, 0.15) is 6.61 Å². The number of alkyl carbamates (subject to hydrolysis) is 1. The molecule has 2 aromatic rings. The molecule has 148 valence electrons. The number of hydrogen-bond acceptors (Lipinski definition) is 4. The van der Waals surface area contributed by atoms with Gasteiger partial charge in [0.25, 0.3) is 0 Å². The second-order valence-corrected chi connectivity index (χ2v) is 7.91. The van der Waals surface area contributed by atoms with Crippen LogP contribution in [0.3, 0.4) is 0 Å². The van der Waals surface area contributed by atoms with Crippen molar-refractivity contribution in [1.29, 1.82) is 0 Å². The Balaban J connectivity index is 1.54. The number of thioether (sulfide) groups is 1. The average Bonchev–Trinajstić information content (AvgIpc) is 3.27. The molecule has 0 aromatic heterocycles. The minimum atomic E-state index is -0.489. The van der Waals surface area contributed by atoms with Gasteiger partial charge in [0.2, 0.25) is 5.91 Å². The third-order valence-electron chi connectivity index (χ3n) is 4.61. The van der Waals surface area contributed by atoms with Gasteiger partial charge in [0.05, 0.1) is 6.04 Å². The Morgan fingerprint density at radius 3 is 2.32 bits per heavy atom. The molecule has 2 amide bonds. The molecule has 0 unspecified atom stereocenters. The standard InChI is InChI=1S/C22H26N2O3S/c25-21(24-13-7-8-14-24)15-19(17-28-20-11-5-2-6-12-20)23-22(26)27-16-18-9-3-1-4-10-18/h1-6,9-12,19H,7-8,13-17H2,(H,23,26)/t19-/m1/s1. The summed E-state index contributed by atoms with van der Waals surface area (Å²) in [6.45, 7) is 1.84. The summed E-state index contributed by atoms with van der Waals surface area (Å²) < 4.78 is 5.33. The molecule has 3 rings (SSSR count). The van der Waals surface area contributed by atoms with Gasteiger partial charge in [-0.25, -0.2) is 4.79 Å². The van der Waals surface area contributed by atoms with E-state index in [9.17, 15) is 9.59 Å². The molecule has 0 spiro atoms. The Hall–Kier alpha value is -2.47. The number of benzene rings is 2. The number of amides is 2. The van der Waals surface area contributed by atoms with E-state index in [1.165, 1.54) is 0 Å². The van der Waals surface area contributed by atoms with Crippen LogP contribution >= 0.6 is 11.8 Å². The average molecular weight is 399 g/mol. The van der Waals surface area contributed by atoms with Gasteiger partial charge in [-0.15, -0.1) is 11.8 Å². The highest BCUT2D eigenvalue weighted by atomic mass is 32.2. The minimum absolute atomic E-state index is 0.0968. The Bertz CT molecular complexity index is 749. The maximum absolute atomic E-state index is 12.6. The quantitative estimate of drug-likeness (QED) is 0.681. The highest BCUT2D eigenvalue weighted by Gasteiger charge is 2.23. The van der Waals surface area contributed by atoms with Crippen LogP contribution in [0.15, 0.2) is 65.6 Å². The number of ether oxygens (including phenoxy) is 1. The van der Waals surface area contributed by atoms with Gasteiger partial charge in [0.15, 0.2) is 0 Å². The van der Waals surface area contributed by atoms with E-state index in [1.807, 2.05) is 65.6 Å². The molecule has 0 bridgehead atoms. The van der Waals surface area contributed by atoms with Crippen molar-refractivity contribution in [1.82, 2.24) is 10.2 Å². The summed E-state index contributed by atoms with van der Waals surface area (Å²) in [4.78, 5) is 27.8. The number of carbonyl (C=O) groups excluding carboxylic acids is 2. The lowest BCUT2D eigenvalue weighted by Crippen LogP contribution is -2.41. The number of nitrogens with one attached hydrogen (secondary N) is 1. The highest BCUT2D eigenvalue weighted by Crippen LogP contribution is 2.20. The number of nitrogens with zero attached hydrogens (tertiary/aromatic N) is 1. The smallest absolute Gasteiger partial charge is 0.407 e. The number of hydrogen-bond donors (Lipinski definition) is 1. The zero-order chi connectivity index (χ0) is 19.6. The Morgan fingerprint density at radius 1 is 1.00 bits per heavy atom. The summed E-state index contributed by atoms with van der Waals surface area (Å²) in [6.07, 6.45) is 1.92. The predicted octanol–water partition coefficient (Wildman–Crippen LogP) is 4.09. The predicted molar refractivity (Wildman–Crippen MR) is 111 cm³/mol. The second kappa shape index (κ2) is 10.8. The van der Waals surface area contributed by atoms with Crippen LogP contribution in [0.2, 0.25) is 0 Å². The monoisotopic (exact) mass is 398 g/mol.